The smallest absolute Gasteiger partial charge is 0.169 e. The van der Waals surface area contributed by atoms with Crippen molar-refractivity contribution in [3.8, 4) is 11.5 Å². The average Bonchev–Trinajstić information content (AvgIpc) is 2.92. The summed E-state index contributed by atoms with van der Waals surface area (Å²) < 4.78 is 10.7. The summed E-state index contributed by atoms with van der Waals surface area (Å²) in [6.45, 7) is 3.72. The summed E-state index contributed by atoms with van der Waals surface area (Å²) in [5.74, 6) is 1.41. The molecular formula is C15H19NO3. The Balaban J connectivity index is 2.17. The number of para-hydroxylation sites is 1. The van der Waals surface area contributed by atoms with Gasteiger partial charge < -0.3 is 14.3 Å². The lowest BCUT2D eigenvalue weighted by molar-refractivity contribution is 0.0799. The Morgan fingerprint density at radius 3 is 2.95 bits per heavy atom. The number of benzene rings is 1. The van der Waals surface area contributed by atoms with Gasteiger partial charge in [-0.05, 0) is 25.0 Å². The minimum atomic E-state index is 0.129. The predicted octanol–water partition coefficient (Wildman–Crippen LogP) is 3.16. The molecule has 1 aromatic carbocycles. The van der Waals surface area contributed by atoms with Gasteiger partial charge in [0.15, 0.2) is 11.5 Å². The van der Waals surface area contributed by atoms with Crippen LogP contribution in [0.3, 0.4) is 0 Å². The second-order valence-corrected chi connectivity index (χ2v) is 4.38. The first-order chi connectivity index (χ1) is 9.30. The Hall–Kier alpha value is -1.97. The summed E-state index contributed by atoms with van der Waals surface area (Å²) in [4.78, 5) is 5.44. The van der Waals surface area contributed by atoms with Gasteiger partial charge in [-0.15, -0.1) is 6.58 Å². The zero-order valence-electron chi connectivity index (χ0n) is 11.4. The van der Waals surface area contributed by atoms with Gasteiger partial charge in [0.2, 0.25) is 0 Å². The molecule has 0 saturated carbocycles. The molecule has 1 heterocycles. The zero-order chi connectivity index (χ0) is 13.7. The van der Waals surface area contributed by atoms with Crippen LogP contribution < -0.4 is 9.47 Å². The van der Waals surface area contributed by atoms with Gasteiger partial charge in [0.25, 0.3) is 0 Å². The lowest BCUT2D eigenvalue weighted by Crippen LogP contribution is -2.09. The first-order valence-electron chi connectivity index (χ1n) is 6.35. The van der Waals surface area contributed by atoms with Crippen LogP contribution >= 0.6 is 0 Å². The maximum atomic E-state index is 5.44. The molecule has 0 fully saturated rings. The first kappa shape index (κ1) is 13.5. The molecule has 4 heteroatoms. The van der Waals surface area contributed by atoms with Gasteiger partial charge >= 0.3 is 0 Å². The Morgan fingerprint density at radius 2 is 2.26 bits per heavy atom. The summed E-state index contributed by atoms with van der Waals surface area (Å²) in [5, 5.41) is 4.17. The van der Waals surface area contributed by atoms with Gasteiger partial charge in [-0.1, -0.05) is 17.3 Å². The number of methoxy groups -OCH3 is 2. The van der Waals surface area contributed by atoms with Crippen LogP contribution in [0.2, 0.25) is 0 Å². The molecule has 0 spiro atoms. The minimum absolute atomic E-state index is 0.129. The summed E-state index contributed by atoms with van der Waals surface area (Å²) >= 11 is 0. The number of hydrogen-bond donors (Lipinski definition) is 0. The van der Waals surface area contributed by atoms with Gasteiger partial charge in [0.05, 0.1) is 19.9 Å². The molecule has 0 amide bonds. The molecule has 0 radical (unpaired) electrons. The Bertz CT molecular complexity index is 482. The molecule has 0 aliphatic carbocycles. The zero-order valence-corrected chi connectivity index (χ0v) is 11.4. The Labute approximate surface area is 113 Å². The van der Waals surface area contributed by atoms with E-state index in [2.05, 4.69) is 11.7 Å². The third kappa shape index (κ3) is 2.89. The van der Waals surface area contributed by atoms with E-state index in [1.165, 1.54) is 0 Å². The van der Waals surface area contributed by atoms with Crippen molar-refractivity contribution in [3.63, 3.8) is 0 Å². The molecule has 1 aliphatic heterocycles. The second-order valence-electron chi connectivity index (χ2n) is 4.38. The highest BCUT2D eigenvalue weighted by molar-refractivity contribution is 6.04. The summed E-state index contributed by atoms with van der Waals surface area (Å²) in [6, 6.07) is 5.77. The Morgan fingerprint density at radius 1 is 1.42 bits per heavy atom. The molecule has 4 nitrogen and oxygen atoms in total. The molecule has 102 valence electrons. The number of hydrogen-bond acceptors (Lipinski definition) is 4. The average molecular weight is 261 g/mol. The van der Waals surface area contributed by atoms with Crippen LogP contribution in [0.25, 0.3) is 0 Å². The predicted molar refractivity (Wildman–Crippen MR) is 75.0 cm³/mol. The van der Waals surface area contributed by atoms with Crippen molar-refractivity contribution in [2.24, 2.45) is 5.16 Å². The van der Waals surface area contributed by atoms with Gasteiger partial charge in [0.1, 0.15) is 6.10 Å². The number of ether oxygens (including phenoxy) is 2. The van der Waals surface area contributed by atoms with Crippen molar-refractivity contribution >= 4 is 5.71 Å². The second kappa shape index (κ2) is 6.27. The van der Waals surface area contributed by atoms with Crippen molar-refractivity contribution in [2.45, 2.75) is 25.4 Å². The monoisotopic (exact) mass is 261 g/mol. The van der Waals surface area contributed by atoms with Crippen LogP contribution in [-0.2, 0) is 4.84 Å². The number of allylic oxidation sites excluding steroid dienone is 1. The molecule has 2 rings (SSSR count). The lowest BCUT2D eigenvalue weighted by Gasteiger charge is -2.11. The molecule has 1 aliphatic rings. The van der Waals surface area contributed by atoms with E-state index in [0.29, 0.717) is 11.5 Å². The SMILES string of the molecule is C=CCCC1CC(c2cccc(OC)c2OC)=NO1. The lowest BCUT2D eigenvalue weighted by atomic mass is 10.0. The van der Waals surface area contributed by atoms with Gasteiger partial charge in [-0.2, -0.15) is 0 Å². The van der Waals surface area contributed by atoms with Crippen LogP contribution in [0, 0.1) is 0 Å². The topological polar surface area (TPSA) is 40.0 Å². The number of rotatable bonds is 6. The molecule has 19 heavy (non-hydrogen) atoms. The number of oxime groups is 1. The first-order valence-corrected chi connectivity index (χ1v) is 6.35. The standard InChI is InChI=1S/C15H19NO3/c1-4-5-7-11-10-13(16-19-11)12-8-6-9-14(17-2)15(12)18-3/h4,6,8-9,11H,1,5,7,10H2,2-3H3. The van der Waals surface area contributed by atoms with Crippen LogP contribution in [0.4, 0.5) is 0 Å². The molecule has 0 N–H and O–H groups in total. The van der Waals surface area contributed by atoms with Crippen molar-refractivity contribution in [1.82, 2.24) is 0 Å². The largest absolute Gasteiger partial charge is 0.493 e. The Kier molecular flexibility index (Phi) is 4.44. The number of nitrogens with zero attached hydrogens (tertiary/aromatic N) is 1. The van der Waals surface area contributed by atoms with Crippen LogP contribution in [0.15, 0.2) is 36.0 Å². The maximum Gasteiger partial charge on any atom is 0.169 e. The van der Waals surface area contributed by atoms with Gasteiger partial charge in [-0.3, -0.25) is 0 Å². The van der Waals surface area contributed by atoms with E-state index >= 15 is 0 Å². The third-order valence-corrected chi connectivity index (χ3v) is 3.14. The van der Waals surface area contributed by atoms with E-state index in [9.17, 15) is 0 Å². The highest BCUT2D eigenvalue weighted by atomic mass is 16.6. The molecule has 0 bridgehead atoms. The van der Waals surface area contributed by atoms with Crippen molar-refractivity contribution in [2.75, 3.05) is 14.2 Å². The van der Waals surface area contributed by atoms with Crippen LogP contribution in [0.1, 0.15) is 24.8 Å². The summed E-state index contributed by atoms with van der Waals surface area (Å²) in [7, 11) is 3.26. The normalized spacial score (nSPS) is 17.6. The van der Waals surface area contributed by atoms with Crippen LogP contribution in [0.5, 0.6) is 11.5 Å². The molecule has 1 unspecified atom stereocenters. The highest BCUT2D eigenvalue weighted by Crippen LogP contribution is 2.33. The fraction of sp³-hybridized carbons (Fsp3) is 0.400. The van der Waals surface area contributed by atoms with E-state index in [-0.39, 0.29) is 6.10 Å². The van der Waals surface area contributed by atoms with E-state index < -0.39 is 0 Å². The van der Waals surface area contributed by atoms with E-state index in [4.69, 9.17) is 14.3 Å². The third-order valence-electron chi connectivity index (χ3n) is 3.14. The van der Waals surface area contributed by atoms with Crippen molar-refractivity contribution in [1.29, 1.82) is 0 Å². The minimum Gasteiger partial charge on any atom is -0.493 e. The van der Waals surface area contributed by atoms with Crippen molar-refractivity contribution in [3.05, 3.63) is 36.4 Å². The van der Waals surface area contributed by atoms with Crippen LogP contribution in [-0.4, -0.2) is 26.0 Å². The molecule has 1 aromatic rings. The molecule has 1 atom stereocenters. The molecular weight excluding hydrogens is 242 g/mol. The summed E-state index contributed by atoms with van der Waals surface area (Å²) in [5.41, 5.74) is 1.84. The van der Waals surface area contributed by atoms with Gasteiger partial charge in [0, 0.05) is 12.0 Å². The maximum absolute atomic E-state index is 5.44. The van der Waals surface area contributed by atoms with Crippen molar-refractivity contribution < 1.29 is 14.3 Å². The fourth-order valence-corrected chi connectivity index (χ4v) is 2.16. The fourth-order valence-electron chi connectivity index (χ4n) is 2.16. The van der Waals surface area contributed by atoms with E-state index in [1.807, 2.05) is 24.3 Å². The van der Waals surface area contributed by atoms with Gasteiger partial charge in [-0.25, -0.2) is 0 Å². The van der Waals surface area contributed by atoms with E-state index in [1.54, 1.807) is 14.2 Å². The highest BCUT2D eigenvalue weighted by Gasteiger charge is 2.24. The molecule has 0 aromatic heterocycles. The quantitative estimate of drug-likeness (QED) is 0.738. The van der Waals surface area contributed by atoms with E-state index in [0.717, 1.165) is 30.5 Å². The summed E-state index contributed by atoms with van der Waals surface area (Å²) in [6.07, 6.45) is 4.68. The molecule has 0 saturated heterocycles.